The highest BCUT2D eigenvalue weighted by Crippen LogP contribution is 2.36. The molecule has 0 saturated carbocycles. The van der Waals surface area contributed by atoms with Crippen LogP contribution in [0.4, 0.5) is 0 Å². The molecule has 8 aromatic carbocycles. The van der Waals surface area contributed by atoms with Gasteiger partial charge in [0, 0.05) is 27.6 Å². The topological polar surface area (TPSA) is 77.6 Å². The molecule has 3 aromatic heterocycles. The predicted molar refractivity (Wildman–Crippen MR) is 238 cm³/mol. The molecule has 6 heteroatoms. The molecule has 59 heavy (non-hydrogen) atoms. The van der Waals surface area contributed by atoms with Crippen molar-refractivity contribution in [1.29, 1.82) is 0 Å². The molecule has 11 aromatic rings. The zero-order valence-electron chi connectivity index (χ0n) is 31.7. The quantitative estimate of drug-likeness (QED) is 0.161. The van der Waals surface area contributed by atoms with Crippen LogP contribution in [0.25, 0.3) is 112 Å². The third-order valence-corrected chi connectivity index (χ3v) is 10.8. The first-order chi connectivity index (χ1) is 29.2. The first kappa shape index (κ1) is 34.2. The molecule has 0 aliphatic rings. The fourth-order valence-corrected chi connectivity index (χ4v) is 7.69. The van der Waals surface area contributed by atoms with E-state index in [0.717, 1.165) is 83.2 Å². The van der Waals surface area contributed by atoms with E-state index in [-0.39, 0.29) is 0 Å². The van der Waals surface area contributed by atoms with E-state index >= 15 is 0 Å². The Morgan fingerprint density at radius 3 is 1.14 bits per heavy atom. The molecular weight excluding hydrogens is 723 g/mol. The number of aromatic nitrogens is 5. The van der Waals surface area contributed by atoms with Gasteiger partial charge < -0.3 is 4.42 Å². The summed E-state index contributed by atoms with van der Waals surface area (Å²) in [6, 6.07) is 68.7. The van der Waals surface area contributed by atoms with Crippen molar-refractivity contribution >= 4 is 33.2 Å². The summed E-state index contributed by atoms with van der Waals surface area (Å²) < 4.78 is 6.33. The molecule has 0 aliphatic carbocycles. The fourth-order valence-electron chi connectivity index (χ4n) is 7.69. The van der Waals surface area contributed by atoms with E-state index in [1.54, 1.807) is 0 Å². The van der Waals surface area contributed by atoms with E-state index < -0.39 is 0 Å². The molecule has 0 N–H and O–H groups in total. The standard InChI is InChI=1S/C53H33N5O/c1-3-10-34(11-4-1)35-24-30-42(31-25-35)51-56-50(41-12-5-2-6-13-41)57-52(58-51)43-32-26-39(27-33-43)37-20-18-36(19-21-37)38-22-28-40(29-23-38)44-14-9-15-45-48-53(59-49(44)45)55-47-17-8-7-16-46(47)54-48/h1-33H. The third-order valence-electron chi connectivity index (χ3n) is 10.8. The maximum atomic E-state index is 6.33. The van der Waals surface area contributed by atoms with Gasteiger partial charge in [-0.25, -0.2) is 24.9 Å². The second kappa shape index (κ2) is 14.4. The summed E-state index contributed by atoms with van der Waals surface area (Å²) in [6.07, 6.45) is 0. The van der Waals surface area contributed by atoms with E-state index in [1.807, 2.05) is 60.7 Å². The van der Waals surface area contributed by atoms with Crippen LogP contribution in [0.3, 0.4) is 0 Å². The monoisotopic (exact) mass is 755 g/mol. The van der Waals surface area contributed by atoms with Gasteiger partial charge in [-0.15, -0.1) is 0 Å². The van der Waals surface area contributed by atoms with E-state index in [1.165, 1.54) is 5.56 Å². The molecule has 11 rings (SSSR count). The zero-order valence-corrected chi connectivity index (χ0v) is 31.7. The SMILES string of the molecule is c1ccc(-c2ccc(-c3nc(-c4ccccc4)nc(-c4ccc(-c5ccc(-c6ccc(-c7cccc8c7oc7nc9ccccc9nc78)cc6)cc5)cc4)n3)cc2)cc1. The van der Waals surface area contributed by atoms with Gasteiger partial charge in [-0.05, 0) is 57.1 Å². The van der Waals surface area contributed by atoms with Gasteiger partial charge in [-0.1, -0.05) is 182 Å². The molecule has 0 bridgehead atoms. The van der Waals surface area contributed by atoms with E-state index in [2.05, 4.69) is 140 Å². The van der Waals surface area contributed by atoms with Gasteiger partial charge in [0.05, 0.1) is 11.0 Å². The minimum atomic E-state index is 0.551. The van der Waals surface area contributed by atoms with Gasteiger partial charge in [-0.2, -0.15) is 0 Å². The second-order valence-electron chi connectivity index (χ2n) is 14.5. The number of hydrogen-bond acceptors (Lipinski definition) is 6. The van der Waals surface area contributed by atoms with Gasteiger partial charge in [0.25, 0.3) is 0 Å². The maximum absolute atomic E-state index is 6.33. The molecule has 0 radical (unpaired) electrons. The van der Waals surface area contributed by atoms with Crippen molar-refractivity contribution in [3.05, 3.63) is 200 Å². The fraction of sp³-hybridized carbons (Fsp3) is 0. The zero-order chi connectivity index (χ0) is 39.1. The number of rotatable bonds is 7. The van der Waals surface area contributed by atoms with Crippen molar-refractivity contribution in [3.63, 3.8) is 0 Å². The minimum Gasteiger partial charge on any atom is -0.436 e. The summed E-state index contributed by atoms with van der Waals surface area (Å²) in [5.41, 5.74) is 15.5. The smallest absolute Gasteiger partial charge is 0.246 e. The molecule has 276 valence electrons. The predicted octanol–water partition coefficient (Wildman–Crippen LogP) is 13.4. The number of benzene rings is 8. The van der Waals surface area contributed by atoms with Crippen LogP contribution >= 0.6 is 0 Å². The minimum absolute atomic E-state index is 0.551. The van der Waals surface area contributed by atoms with Crippen molar-refractivity contribution in [1.82, 2.24) is 24.9 Å². The number of para-hydroxylation sites is 3. The van der Waals surface area contributed by atoms with Crippen LogP contribution in [-0.2, 0) is 0 Å². The molecule has 3 heterocycles. The Hall–Kier alpha value is -8.09. The van der Waals surface area contributed by atoms with Crippen molar-refractivity contribution in [2.75, 3.05) is 0 Å². The second-order valence-corrected chi connectivity index (χ2v) is 14.5. The van der Waals surface area contributed by atoms with Gasteiger partial charge in [0.2, 0.25) is 5.71 Å². The summed E-state index contributed by atoms with van der Waals surface area (Å²) in [5.74, 6) is 1.90. The lowest BCUT2D eigenvalue weighted by atomic mass is 9.97. The van der Waals surface area contributed by atoms with Gasteiger partial charge in [0.15, 0.2) is 17.5 Å². The van der Waals surface area contributed by atoms with E-state index in [4.69, 9.17) is 29.3 Å². The highest BCUT2D eigenvalue weighted by molar-refractivity contribution is 6.08. The van der Waals surface area contributed by atoms with Gasteiger partial charge in [-0.3, -0.25) is 0 Å². The molecule has 0 spiro atoms. The average molecular weight is 756 g/mol. The number of fused-ring (bicyclic) bond motifs is 4. The first-order valence-corrected chi connectivity index (χ1v) is 19.6. The van der Waals surface area contributed by atoms with E-state index in [9.17, 15) is 0 Å². The van der Waals surface area contributed by atoms with Crippen molar-refractivity contribution in [2.24, 2.45) is 0 Å². The Morgan fingerprint density at radius 2 is 0.644 bits per heavy atom. The van der Waals surface area contributed by atoms with Crippen molar-refractivity contribution < 1.29 is 4.42 Å². The summed E-state index contributed by atoms with van der Waals surface area (Å²) in [6.45, 7) is 0. The maximum Gasteiger partial charge on any atom is 0.246 e. The molecule has 6 nitrogen and oxygen atoms in total. The molecule has 0 amide bonds. The molecule has 0 fully saturated rings. The molecule has 0 aliphatic heterocycles. The van der Waals surface area contributed by atoms with Crippen LogP contribution in [0.5, 0.6) is 0 Å². The van der Waals surface area contributed by atoms with Gasteiger partial charge >= 0.3 is 0 Å². The average Bonchev–Trinajstić information content (AvgIpc) is 3.69. The summed E-state index contributed by atoms with van der Waals surface area (Å²) in [4.78, 5) is 24.5. The van der Waals surface area contributed by atoms with E-state index in [0.29, 0.717) is 23.2 Å². The molecule has 0 saturated heterocycles. The van der Waals surface area contributed by atoms with Gasteiger partial charge in [0.1, 0.15) is 11.1 Å². The summed E-state index contributed by atoms with van der Waals surface area (Å²) >= 11 is 0. The van der Waals surface area contributed by atoms with Crippen molar-refractivity contribution in [3.8, 4) is 78.7 Å². The Balaban J connectivity index is 0.852. The lowest BCUT2D eigenvalue weighted by Crippen LogP contribution is -2.00. The molecule has 0 atom stereocenters. The Labute approximate surface area is 340 Å². The Kier molecular flexibility index (Phi) is 8.37. The van der Waals surface area contributed by atoms with Crippen LogP contribution < -0.4 is 0 Å². The van der Waals surface area contributed by atoms with Crippen LogP contribution in [-0.4, -0.2) is 24.9 Å². The highest BCUT2D eigenvalue weighted by atomic mass is 16.3. The number of nitrogens with zero attached hydrogens (tertiary/aromatic N) is 5. The number of hydrogen-bond donors (Lipinski definition) is 0. The van der Waals surface area contributed by atoms with Crippen LogP contribution in [0, 0.1) is 0 Å². The highest BCUT2D eigenvalue weighted by Gasteiger charge is 2.16. The first-order valence-electron chi connectivity index (χ1n) is 19.6. The summed E-state index contributed by atoms with van der Waals surface area (Å²) in [5, 5.41) is 0.962. The molecular formula is C53H33N5O. The molecule has 0 unspecified atom stereocenters. The van der Waals surface area contributed by atoms with Crippen molar-refractivity contribution in [2.45, 2.75) is 0 Å². The third kappa shape index (κ3) is 6.49. The van der Waals surface area contributed by atoms with Crippen LogP contribution in [0.15, 0.2) is 205 Å². The van der Waals surface area contributed by atoms with Crippen LogP contribution in [0.1, 0.15) is 0 Å². The lowest BCUT2D eigenvalue weighted by Gasteiger charge is -2.10. The van der Waals surface area contributed by atoms with Crippen LogP contribution in [0.2, 0.25) is 0 Å². The largest absolute Gasteiger partial charge is 0.436 e. The number of furan rings is 1. The Bertz CT molecular complexity index is 3270. The Morgan fingerprint density at radius 1 is 0.271 bits per heavy atom. The lowest BCUT2D eigenvalue weighted by molar-refractivity contribution is 0.656. The normalized spacial score (nSPS) is 11.4. The summed E-state index contributed by atoms with van der Waals surface area (Å²) in [7, 11) is 0.